The van der Waals surface area contributed by atoms with E-state index in [2.05, 4.69) is 29.2 Å². The van der Waals surface area contributed by atoms with Crippen LogP contribution in [0.1, 0.15) is 65.8 Å². The highest BCUT2D eigenvalue weighted by atomic mass is 16.6. The van der Waals surface area contributed by atoms with Crippen molar-refractivity contribution in [3.8, 4) is 0 Å². The number of ether oxygens (including phenoxy) is 1. The number of carbonyl (C=O) groups excluding carboxylic acids is 1. The Morgan fingerprint density at radius 2 is 1.47 bits per heavy atom. The third-order valence-corrected chi connectivity index (χ3v) is 7.71. The van der Waals surface area contributed by atoms with Crippen LogP contribution < -0.4 is 16.4 Å². The van der Waals surface area contributed by atoms with Gasteiger partial charge in [0.05, 0.1) is 6.04 Å². The van der Waals surface area contributed by atoms with Gasteiger partial charge < -0.3 is 26.0 Å². The molecule has 1 aliphatic heterocycles. The molecule has 0 radical (unpaired) electrons. The van der Waals surface area contributed by atoms with Crippen LogP contribution in [0.2, 0.25) is 0 Å². The smallest absolute Gasteiger partial charge is 0.410 e. The van der Waals surface area contributed by atoms with Crippen LogP contribution in [0.3, 0.4) is 0 Å². The van der Waals surface area contributed by atoms with Gasteiger partial charge in [-0.05, 0) is 90.1 Å². The number of hydrogen-bond acceptors (Lipinski definition) is 5. The van der Waals surface area contributed by atoms with E-state index in [0.29, 0.717) is 24.9 Å². The van der Waals surface area contributed by atoms with Gasteiger partial charge in [-0.1, -0.05) is 36.4 Å². The molecular formula is C30H34N4O2. The molecule has 3 aromatic carbocycles. The molecule has 6 rings (SSSR count). The fraction of sp³-hybridized carbons (Fsp3) is 0.367. The van der Waals surface area contributed by atoms with E-state index < -0.39 is 0 Å². The Morgan fingerprint density at radius 3 is 2.19 bits per heavy atom. The van der Waals surface area contributed by atoms with Crippen molar-refractivity contribution >= 4 is 23.2 Å². The molecule has 0 aromatic heterocycles. The van der Waals surface area contributed by atoms with E-state index >= 15 is 0 Å². The first kappa shape index (κ1) is 22.8. The largest absolute Gasteiger partial charge is 0.445 e. The fourth-order valence-electron chi connectivity index (χ4n) is 5.51. The Bertz CT molecular complexity index is 1250. The van der Waals surface area contributed by atoms with Gasteiger partial charge in [-0.25, -0.2) is 4.79 Å². The normalized spacial score (nSPS) is 19.8. The van der Waals surface area contributed by atoms with Crippen molar-refractivity contribution < 1.29 is 9.53 Å². The number of nitrogens with zero attached hydrogens (tertiary/aromatic N) is 2. The summed E-state index contributed by atoms with van der Waals surface area (Å²) in [7, 11) is 0. The minimum atomic E-state index is -0.258. The summed E-state index contributed by atoms with van der Waals surface area (Å²) in [5.41, 5.74) is 20.2. The van der Waals surface area contributed by atoms with Gasteiger partial charge in [0, 0.05) is 36.7 Å². The predicted molar refractivity (Wildman–Crippen MR) is 144 cm³/mol. The van der Waals surface area contributed by atoms with Gasteiger partial charge in [0.1, 0.15) is 6.61 Å². The molecule has 36 heavy (non-hydrogen) atoms. The third kappa shape index (κ3) is 4.72. The quantitative estimate of drug-likeness (QED) is 0.433. The average molecular weight is 483 g/mol. The van der Waals surface area contributed by atoms with E-state index in [9.17, 15) is 4.79 Å². The molecule has 3 fully saturated rings. The Hall–Kier alpha value is -3.67. The number of hydrogen-bond donors (Lipinski definition) is 2. The molecule has 6 heteroatoms. The average Bonchev–Trinajstić information content (AvgIpc) is 3.81. The second-order valence-electron chi connectivity index (χ2n) is 10.5. The van der Waals surface area contributed by atoms with Gasteiger partial charge in [-0.3, -0.25) is 0 Å². The number of nitrogen functional groups attached to an aromatic ring is 2. The van der Waals surface area contributed by atoms with E-state index in [0.717, 1.165) is 23.5 Å². The predicted octanol–water partition coefficient (Wildman–Crippen LogP) is 5.81. The lowest BCUT2D eigenvalue weighted by Crippen LogP contribution is -2.51. The zero-order chi connectivity index (χ0) is 24.6. The number of benzene rings is 3. The van der Waals surface area contributed by atoms with E-state index in [-0.39, 0.29) is 18.7 Å². The van der Waals surface area contributed by atoms with Gasteiger partial charge in [-0.2, -0.15) is 0 Å². The zero-order valence-corrected chi connectivity index (χ0v) is 20.6. The van der Waals surface area contributed by atoms with Crippen molar-refractivity contribution in [2.24, 2.45) is 0 Å². The van der Waals surface area contributed by atoms with Crippen molar-refractivity contribution in [2.45, 2.75) is 50.2 Å². The monoisotopic (exact) mass is 482 g/mol. The number of amides is 1. The van der Waals surface area contributed by atoms with Crippen molar-refractivity contribution in [3.05, 3.63) is 89.0 Å². The second-order valence-corrected chi connectivity index (χ2v) is 10.5. The van der Waals surface area contributed by atoms with Gasteiger partial charge in [0.2, 0.25) is 0 Å². The zero-order valence-electron chi connectivity index (χ0n) is 20.6. The van der Waals surface area contributed by atoms with Crippen LogP contribution in [0, 0.1) is 0 Å². The summed E-state index contributed by atoms with van der Waals surface area (Å²) in [4.78, 5) is 17.5. The lowest BCUT2D eigenvalue weighted by atomic mass is 9.92. The number of piperazine rings is 1. The molecule has 6 nitrogen and oxygen atoms in total. The van der Waals surface area contributed by atoms with Crippen LogP contribution in [0.4, 0.5) is 21.9 Å². The van der Waals surface area contributed by atoms with Crippen LogP contribution in [0.15, 0.2) is 66.7 Å². The molecule has 4 N–H and O–H groups in total. The van der Waals surface area contributed by atoms with Gasteiger partial charge >= 0.3 is 6.09 Å². The molecule has 1 atom stereocenters. The summed E-state index contributed by atoms with van der Waals surface area (Å²) < 4.78 is 5.72. The van der Waals surface area contributed by atoms with E-state index in [1.807, 2.05) is 47.4 Å². The summed E-state index contributed by atoms with van der Waals surface area (Å²) >= 11 is 0. The van der Waals surface area contributed by atoms with Crippen molar-refractivity contribution in [1.29, 1.82) is 0 Å². The molecular weight excluding hydrogens is 448 g/mol. The maximum atomic E-state index is 13.2. The molecule has 3 aliphatic rings. The summed E-state index contributed by atoms with van der Waals surface area (Å²) in [6.07, 6.45) is 4.55. The second kappa shape index (κ2) is 9.41. The standard InChI is InChI=1S/C30H34N4O2/c31-23-10-12-25(26(16-23)21-6-7-21)29-18-33(30(35)36-19-20-4-2-1-3-5-20)14-15-34(29)28-13-11-24(32)17-27(28)22-8-9-22/h1-5,10-13,16-17,21-22,29H,6-9,14-15,18-19,31-32H2. The van der Waals surface area contributed by atoms with E-state index in [1.54, 1.807) is 0 Å². The molecule has 1 unspecified atom stereocenters. The summed E-state index contributed by atoms with van der Waals surface area (Å²) in [6, 6.07) is 22.5. The molecule has 1 heterocycles. The first-order valence-electron chi connectivity index (χ1n) is 13.1. The van der Waals surface area contributed by atoms with Crippen LogP contribution >= 0.6 is 0 Å². The van der Waals surface area contributed by atoms with Gasteiger partial charge in [0.15, 0.2) is 0 Å². The maximum Gasteiger partial charge on any atom is 0.410 e. The Labute approximate surface area is 212 Å². The Balaban J connectivity index is 1.31. The molecule has 2 aliphatic carbocycles. The van der Waals surface area contributed by atoms with Crippen LogP contribution in [-0.4, -0.2) is 30.6 Å². The molecule has 186 valence electrons. The topological polar surface area (TPSA) is 84.8 Å². The maximum absolute atomic E-state index is 13.2. The Morgan fingerprint density at radius 1 is 0.806 bits per heavy atom. The number of carbonyl (C=O) groups is 1. The minimum absolute atomic E-state index is 0.0281. The number of nitrogens with two attached hydrogens (primary N) is 2. The summed E-state index contributed by atoms with van der Waals surface area (Å²) in [5, 5.41) is 0. The SMILES string of the molecule is Nc1ccc(C2CN(C(=O)OCc3ccccc3)CCN2c2ccc(N)cc2C2CC2)c(C2CC2)c1. The lowest BCUT2D eigenvalue weighted by Gasteiger charge is -2.44. The highest BCUT2D eigenvalue weighted by Crippen LogP contribution is 2.49. The Kier molecular flexibility index (Phi) is 5.96. The summed E-state index contributed by atoms with van der Waals surface area (Å²) in [6.45, 7) is 2.21. The van der Waals surface area contributed by atoms with Crippen molar-refractivity contribution in [2.75, 3.05) is 36.0 Å². The number of rotatable bonds is 6. The van der Waals surface area contributed by atoms with E-state index in [4.69, 9.17) is 16.2 Å². The lowest BCUT2D eigenvalue weighted by molar-refractivity contribution is 0.0888. The molecule has 3 aromatic rings. The number of anilines is 3. The van der Waals surface area contributed by atoms with Crippen LogP contribution in [-0.2, 0) is 11.3 Å². The van der Waals surface area contributed by atoms with Gasteiger partial charge in [-0.15, -0.1) is 0 Å². The molecule has 0 bridgehead atoms. The van der Waals surface area contributed by atoms with Crippen molar-refractivity contribution in [1.82, 2.24) is 4.90 Å². The highest BCUT2D eigenvalue weighted by Gasteiger charge is 2.38. The van der Waals surface area contributed by atoms with E-state index in [1.165, 1.54) is 48.1 Å². The molecule has 1 saturated heterocycles. The first-order chi connectivity index (χ1) is 17.6. The highest BCUT2D eigenvalue weighted by molar-refractivity contribution is 5.70. The van der Waals surface area contributed by atoms with Gasteiger partial charge in [0.25, 0.3) is 0 Å². The van der Waals surface area contributed by atoms with Crippen LogP contribution in [0.25, 0.3) is 0 Å². The molecule has 1 amide bonds. The fourth-order valence-corrected chi connectivity index (χ4v) is 5.51. The molecule has 2 saturated carbocycles. The first-order valence-corrected chi connectivity index (χ1v) is 13.1. The minimum Gasteiger partial charge on any atom is -0.445 e. The third-order valence-electron chi connectivity index (χ3n) is 7.71. The molecule has 0 spiro atoms. The van der Waals surface area contributed by atoms with Crippen molar-refractivity contribution in [3.63, 3.8) is 0 Å². The summed E-state index contributed by atoms with van der Waals surface area (Å²) in [5.74, 6) is 1.13. The van der Waals surface area contributed by atoms with Crippen LogP contribution in [0.5, 0.6) is 0 Å².